The Balaban J connectivity index is 1.44. The third-order valence-electron chi connectivity index (χ3n) is 7.10. The monoisotopic (exact) mass is 372 g/mol. The molecule has 2 aliphatic carbocycles. The molecule has 4 unspecified atom stereocenters. The highest BCUT2D eigenvalue weighted by molar-refractivity contribution is 5.50. The molecule has 0 aliphatic heterocycles. The Morgan fingerprint density at radius 2 is 1.39 bits per heavy atom. The van der Waals surface area contributed by atoms with Gasteiger partial charge < -0.3 is 5.11 Å². The third kappa shape index (κ3) is 4.12. The van der Waals surface area contributed by atoms with Crippen LogP contribution in [-0.4, -0.2) is 5.11 Å². The second-order valence-electron chi connectivity index (χ2n) is 9.28. The Morgan fingerprint density at radius 3 is 2.11 bits per heavy atom. The molecule has 0 radical (unpaired) electrons. The molecule has 0 bridgehead atoms. The molecule has 2 aliphatic rings. The molecule has 4 rings (SSSR count). The molecule has 0 heterocycles. The van der Waals surface area contributed by atoms with Crippen molar-refractivity contribution in [1.29, 1.82) is 0 Å². The van der Waals surface area contributed by atoms with E-state index in [1.165, 1.54) is 44.1 Å². The standard InChI is InChI=1S/C27H32O/c1-18-4-9-26-17-25(13-12-24(26)14-18)23-10-7-21(8-11-23)5-6-22-15-19(2)27(28)20(3)16-22/h7-8,10-11,15-16,18,24-26,28H,4,9,12-14,17H2,1-3H3. The van der Waals surface area contributed by atoms with Crippen molar-refractivity contribution in [3.05, 3.63) is 64.2 Å². The fourth-order valence-corrected chi connectivity index (χ4v) is 5.44. The second-order valence-corrected chi connectivity index (χ2v) is 9.28. The average molecular weight is 373 g/mol. The van der Waals surface area contributed by atoms with Gasteiger partial charge in [-0.05, 0) is 111 Å². The van der Waals surface area contributed by atoms with E-state index in [0.717, 1.165) is 45.9 Å². The zero-order valence-electron chi connectivity index (χ0n) is 17.5. The lowest BCUT2D eigenvalue weighted by molar-refractivity contribution is 0.124. The van der Waals surface area contributed by atoms with Crippen molar-refractivity contribution < 1.29 is 5.11 Å². The first-order chi connectivity index (χ1) is 13.5. The van der Waals surface area contributed by atoms with Gasteiger partial charge in [0.1, 0.15) is 5.75 Å². The van der Waals surface area contributed by atoms with Gasteiger partial charge in [-0.2, -0.15) is 0 Å². The SMILES string of the molecule is Cc1cc(C#Cc2ccc(C3CCC4CC(C)CCC4C3)cc2)cc(C)c1O. The average Bonchev–Trinajstić information content (AvgIpc) is 2.70. The molecule has 0 aromatic heterocycles. The molecule has 2 aromatic rings. The fraction of sp³-hybridized carbons (Fsp3) is 0.481. The van der Waals surface area contributed by atoms with Crippen molar-refractivity contribution >= 4 is 0 Å². The molecule has 0 amide bonds. The first kappa shape index (κ1) is 19.1. The molecule has 4 atom stereocenters. The highest BCUT2D eigenvalue weighted by atomic mass is 16.3. The summed E-state index contributed by atoms with van der Waals surface area (Å²) >= 11 is 0. The molecule has 2 fully saturated rings. The van der Waals surface area contributed by atoms with Crippen LogP contribution in [0.15, 0.2) is 36.4 Å². The molecule has 1 N–H and O–H groups in total. The Morgan fingerprint density at radius 1 is 0.786 bits per heavy atom. The third-order valence-corrected chi connectivity index (χ3v) is 7.10. The van der Waals surface area contributed by atoms with E-state index in [-0.39, 0.29) is 0 Å². The summed E-state index contributed by atoms with van der Waals surface area (Å²) in [6, 6.07) is 12.9. The summed E-state index contributed by atoms with van der Waals surface area (Å²) in [6.45, 7) is 6.27. The van der Waals surface area contributed by atoms with Gasteiger partial charge in [0.2, 0.25) is 0 Å². The van der Waals surface area contributed by atoms with Gasteiger partial charge in [-0.3, -0.25) is 0 Å². The maximum Gasteiger partial charge on any atom is 0.121 e. The van der Waals surface area contributed by atoms with Gasteiger partial charge in [-0.1, -0.05) is 37.3 Å². The van der Waals surface area contributed by atoms with Crippen LogP contribution in [0.1, 0.15) is 79.2 Å². The molecule has 0 saturated heterocycles. The summed E-state index contributed by atoms with van der Waals surface area (Å²) in [4.78, 5) is 0. The first-order valence-corrected chi connectivity index (χ1v) is 10.9. The topological polar surface area (TPSA) is 20.2 Å². The van der Waals surface area contributed by atoms with Crippen LogP contribution in [0.3, 0.4) is 0 Å². The van der Waals surface area contributed by atoms with Crippen LogP contribution in [0.25, 0.3) is 0 Å². The smallest absolute Gasteiger partial charge is 0.121 e. The Labute approximate surface area is 170 Å². The Bertz CT molecular complexity index is 873. The van der Waals surface area contributed by atoms with E-state index >= 15 is 0 Å². The largest absolute Gasteiger partial charge is 0.507 e. The molecule has 146 valence electrons. The lowest BCUT2D eigenvalue weighted by Gasteiger charge is -2.41. The summed E-state index contributed by atoms with van der Waals surface area (Å²) in [5.41, 5.74) is 5.28. The molecule has 1 heteroatoms. The fourth-order valence-electron chi connectivity index (χ4n) is 5.44. The number of hydrogen-bond donors (Lipinski definition) is 1. The number of phenols is 1. The van der Waals surface area contributed by atoms with Crippen molar-refractivity contribution in [2.75, 3.05) is 0 Å². The van der Waals surface area contributed by atoms with Crippen LogP contribution in [-0.2, 0) is 0 Å². The molecule has 1 nitrogen and oxygen atoms in total. The second kappa shape index (κ2) is 8.04. The van der Waals surface area contributed by atoms with E-state index in [1.54, 1.807) is 0 Å². The maximum absolute atomic E-state index is 9.91. The molecule has 28 heavy (non-hydrogen) atoms. The zero-order valence-corrected chi connectivity index (χ0v) is 17.5. The van der Waals surface area contributed by atoms with Gasteiger partial charge in [0.15, 0.2) is 0 Å². The Kier molecular flexibility index (Phi) is 5.49. The van der Waals surface area contributed by atoms with Crippen LogP contribution < -0.4 is 0 Å². The van der Waals surface area contributed by atoms with Crippen LogP contribution in [0.4, 0.5) is 0 Å². The van der Waals surface area contributed by atoms with Crippen molar-refractivity contribution in [3.63, 3.8) is 0 Å². The van der Waals surface area contributed by atoms with Crippen molar-refractivity contribution in [3.8, 4) is 17.6 Å². The summed E-state index contributed by atoms with van der Waals surface area (Å²) in [5, 5.41) is 9.91. The van der Waals surface area contributed by atoms with Crippen LogP contribution in [0.5, 0.6) is 5.75 Å². The summed E-state index contributed by atoms with van der Waals surface area (Å²) in [6.07, 6.45) is 8.48. The van der Waals surface area contributed by atoms with Crippen LogP contribution in [0.2, 0.25) is 0 Å². The number of rotatable bonds is 1. The lowest BCUT2D eigenvalue weighted by Crippen LogP contribution is -2.29. The van der Waals surface area contributed by atoms with Gasteiger partial charge in [-0.15, -0.1) is 0 Å². The highest BCUT2D eigenvalue weighted by Crippen LogP contribution is 2.47. The number of phenolic OH excluding ortho intramolecular Hbond substituents is 1. The lowest BCUT2D eigenvalue weighted by atomic mass is 9.64. The van der Waals surface area contributed by atoms with E-state index in [1.807, 2.05) is 26.0 Å². The van der Waals surface area contributed by atoms with E-state index in [2.05, 4.69) is 43.0 Å². The predicted octanol–water partition coefficient (Wildman–Crippen LogP) is 6.73. The van der Waals surface area contributed by atoms with Crippen molar-refractivity contribution in [2.24, 2.45) is 17.8 Å². The number of hydrogen-bond acceptors (Lipinski definition) is 1. The van der Waals surface area contributed by atoms with Gasteiger partial charge in [0.05, 0.1) is 0 Å². The van der Waals surface area contributed by atoms with Crippen molar-refractivity contribution in [1.82, 2.24) is 0 Å². The van der Waals surface area contributed by atoms with Crippen LogP contribution in [0, 0.1) is 43.4 Å². The van der Waals surface area contributed by atoms with E-state index in [9.17, 15) is 5.11 Å². The molecule has 2 saturated carbocycles. The summed E-state index contributed by atoms with van der Waals surface area (Å²) in [7, 11) is 0. The van der Waals surface area contributed by atoms with Gasteiger partial charge in [0, 0.05) is 11.1 Å². The minimum Gasteiger partial charge on any atom is -0.507 e. The highest BCUT2D eigenvalue weighted by Gasteiger charge is 2.34. The molecular weight excluding hydrogens is 340 g/mol. The quantitative estimate of drug-likeness (QED) is 0.550. The van der Waals surface area contributed by atoms with Gasteiger partial charge in [0.25, 0.3) is 0 Å². The Hall–Kier alpha value is -2.20. The van der Waals surface area contributed by atoms with Gasteiger partial charge >= 0.3 is 0 Å². The zero-order chi connectivity index (χ0) is 19.7. The van der Waals surface area contributed by atoms with E-state index in [0.29, 0.717) is 5.75 Å². The minimum absolute atomic E-state index is 0.372. The molecular formula is C27H32O. The number of aryl methyl sites for hydroxylation is 2. The first-order valence-electron chi connectivity index (χ1n) is 10.9. The van der Waals surface area contributed by atoms with E-state index in [4.69, 9.17) is 0 Å². The minimum atomic E-state index is 0.372. The summed E-state index contributed by atoms with van der Waals surface area (Å²) < 4.78 is 0. The molecule has 2 aromatic carbocycles. The molecule has 0 spiro atoms. The number of aromatic hydroxyl groups is 1. The number of benzene rings is 2. The normalized spacial score (nSPS) is 26.8. The van der Waals surface area contributed by atoms with Gasteiger partial charge in [-0.25, -0.2) is 0 Å². The maximum atomic E-state index is 9.91. The van der Waals surface area contributed by atoms with Crippen LogP contribution >= 0.6 is 0 Å². The summed E-state index contributed by atoms with van der Waals surface area (Å²) in [5.74, 6) is 10.5. The number of fused-ring (bicyclic) bond motifs is 1. The predicted molar refractivity (Wildman–Crippen MR) is 117 cm³/mol. The van der Waals surface area contributed by atoms with Crippen molar-refractivity contribution in [2.45, 2.75) is 65.2 Å². The van der Waals surface area contributed by atoms with E-state index < -0.39 is 0 Å².